The van der Waals surface area contributed by atoms with Gasteiger partial charge in [-0.15, -0.1) is 0 Å². The molecule has 3 aromatic rings. The van der Waals surface area contributed by atoms with Gasteiger partial charge in [0, 0.05) is 25.1 Å². The zero-order valence-electron chi connectivity index (χ0n) is 16.8. The van der Waals surface area contributed by atoms with Crippen LogP contribution in [0.5, 0.6) is 0 Å². The SMILES string of the molecule is CCCCOC(=O)NCCc1ncc(-c2ccc(-c3cccc([N+](=O)[O-])c3)cc2)[nH]1. The molecule has 0 atom stereocenters. The van der Waals surface area contributed by atoms with Crippen LogP contribution in [0.4, 0.5) is 10.5 Å². The minimum Gasteiger partial charge on any atom is -0.450 e. The normalized spacial score (nSPS) is 10.6. The van der Waals surface area contributed by atoms with Crippen LogP contribution in [-0.4, -0.2) is 34.1 Å². The summed E-state index contributed by atoms with van der Waals surface area (Å²) in [7, 11) is 0. The first-order chi connectivity index (χ1) is 14.6. The van der Waals surface area contributed by atoms with Crippen molar-refractivity contribution in [2.24, 2.45) is 0 Å². The third kappa shape index (κ3) is 5.66. The van der Waals surface area contributed by atoms with E-state index >= 15 is 0 Å². The van der Waals surface area contributed by atoms with E-state index in [9.17, 15) is 14.9 Å². The lowest BCUT2D eigenvalue weighted by molar-refractivity contribution is -0.384. The second-order valence-electron chi connectivity index (χ2n) is 6.79. The highest BCUT2D eigenvalue weighted by Crippen LogP contribution is 2.26. The zero-order valence-corrected chi connectivity index (χ0v) is 16.8. The monoisotopic (exact) mass is 408 g/mol. The lowest BCUT2D eigenvalue weighted by Crippen LogP contribution is -2.27. The number of rotatable bonds is 9. The lowest BCUT2D eigenvalue weighted by atomic mass is 10.0. The first kappa shape index (κ1) is 21.0. The fourth-order valence-corrected chi connectivity index (χ4v) is 2.92. The molecule has 8 nitrogen and oxygen atoms in total. The average molecular weight is 408 g/mol. The molecule has 156 valence electrons. The summed E-state index contributed by atoms with van der Waals surface area (Å²) in [6, 6.07) is 14.3. The molecule has 0 spiro atoms. The van der Waals surface area contributed by atoms with Gasteiger partial charge in [-0.1, -0.05) is 49.7 Å². The van der Waals surface area contributed by atoms with E-state index < -0.39 is 11.0 Å². The molecule has 1 aromatic heterocycles. The van der Waals surface area contributed by atoms with Gasteiger partial charge >= 0.3 is 6.09 Å². The molecule has 8 heteroatoms. The van der Waals surface area contributed by atoms with E-state index in [1.54, 1.807) is 18.3 Å². The Bertz CT molecular complexity index is 998. The smallest absolute Gasteiger partial charge is 0.407 e. The van der Waals surface area contributed by atoms with Crippen molar-refractivity contribution in [2.75, 3.05) is 13.2 Å². The van der Waals surface area contributed by atoms with E-state index in [1.807, 2.05) is 37.3 Å². The van der Waals surface area contributed by atoms with Crippen LogP contribution < -0.4 is 5.32 Å². The Hall–Kier alpha value is -3.68. The molecule has 1 heterocycles. The first-order valence-electron chi connectivity index (χ1n) is 9.86. The van der Waals surface area contributed by atoms with Crippen LogP contribution in [0.1, 0.15) is 25.6 Å². The number of nitrogens with one attached hydrogen (secondary N) is 2. The Morgan fingerprint density at radius 3 is 2.67 bits per heavy atom. The van der Waals surface area contributed by atoms with Gasteiger partial charge in [-0.3, -0.25) is 10.1 Å². The van der Waals surface area contributed by atoms with Crippen LogP contribution in [0.15, 0.2) is 54.7 Å². The van der Waals surface area contributed by atoms with E-state index in [0.717, 1.165) is 41.1 Å². The van der Waals surface area contributed by atoms with Crippen LogP contribution in [0.3, 0.4) is 0 Å². The first-order valence-corrected chi connectivity index (χ1v) is 9.86. The summed E-state index contributed by atoms with van der Waals surface area (Å²) in [5.41, 5.74) is 3.57. The van der Waals surface area contributed by atoms with Crippen molar-refractivity contribution < 1.29 is 14.5 Å². The summed E-state index contributed by atoms with van der Waals surface area (Å²) in [6.45, 7) is 2.90. The molecule has 0 saturated carbocycles. The highest BCUT2D eigenvalue weighted by molar-refractivity contribution is 5.70. The van der Waals surface area contributed by atoms with Gasteiger partial charge in [-0.25, -0.2) is 9.78 Å². The quantitative estimate of drug-likeness (QED) is 0.302. The number of hydrogen-bond donors (Lipinski definition) is 2. The number of carbonyl (C=O) groups is 1. The van der Waals surface area contributed by atoms with Gasteiger partial charge in [0.2, 0.25) is 0 Å². The zero-order chi connectivity index (χ0) is 21.3. The Labute approximate surface area is 174 Å². The molecule has 2 N–H and O–H groups in total. The summed E-state index contributed by atoms with van der Waals surface area (Å²) in [5.74, 6) is 0.765. The number of nitrogens with zero attached hydrogens (tertiary/aromatic N) is 2. The van der Waals surface area contributed by atoms with Crippen LogP contribution in [0, 0.1) is 10.1 Å². The van der Waals surface area contributed by atoms with Gasteiger partial charge in [-0.2, -0.15) is 0 Å². The molecule has 1 amide bonds. The van der Waals surface area contributed by atoms with E-state index in [-0.39, 0.29) is 5.69 Å². The number of unbranched alkanes of at least 4 members (excludes halogenated alkanes) is 1. The molecule has 0 fully saturated rings. The van der Waals surface area contributed by atoms with Gasteiger partial charge < -0.3 is 15.0 Å². The van der Waals surface area contributed by atoms with Crippen molar-refractivity contribution in [3.05, 3.63) is 70.7 Å². The molecule has 30 heavy (non-hydrogen) atoms. The van der Waals surface area contributed by atoms with Gasteiger partial charge in [0.1, 0.15) is 5.82 Å². The van der Waals surface area contributed by atoms with Crippen molar-refractivity contribution in [1.82, 2.24) is 15.3 Å². The fourth-order valence-electron chi connectivity index (χ4n) is 2.92. The number of non-ortho nitro benzene ring substituents is 1. The number of nitro groups is 1. The van der Waals surface area contributed by atoms with Crippen LogP contribution >= 0.6 is 0 Å². The number of nitro benzene ring substituents is 1. The Morgan fingerprint density at radius 2 is 1.93 bits per heavy atom. The summed E-state index contributed by atoms with van der Waals surface area (Å²) >= 11 is 0. The molecule has 0 saturated heterocycles. The van der Waals surface area contributed by atoms with Gasteiger partial charge in [-0.05, 0) is 23.1 Å². The van der Waals surface area contributed by atoms with E-state index in [2.05, 4.69) is 15.3 Å². The molecule has 0 aliphatic rings. The minimum absolute atomic E-state index is 0.0673. The van der Waals surface area contributed by atoms with Crippen molar-refractivity contribution in [3.63, 3.8) is 0 Å². The van der Waals surface area contributed by atoms with Crippen LogP contribution in [0.25, 0.3) is 22.4 Å². The number of aromatic nitrogens is 2. The minimum atomic E-state index is -0.410. The number of hydrogen-bond acceptors (Lipinski definition) is 5. The molecule has 2 aromatic carbocycles. The van der Waals surface area contributed by atoms with Gasteiger partial charge in [0.25, 0.3) is 5.69 Å². The Morgan fingerprint density at radius 1 is 1.17 bits per heavy atom. The molecule has 0 bridgehead atoms. The number of carbonyl (C=O) groups excluding carboxylic acids is 1. The number of H-pyrrole nitrogens is 1. The number of amides is 1. The molecular weight excluding hydrogens is 384 g/mol. The number of benzene rings is 2. The number of aromatic amines is 1. The fraction of sp³-hybridized carbons (Fsp3) is 0.273. The largest absolute Gasteiger partial charge is 0.450 e. The molecular formula is C22H24N4O4. The van der Waals surface area contributed by atoms with Gasteiger partial charge in [0.15, 0.2) is 0 Å². The van der Waals surface area contributed by atoms with Crippen LogP contribution in [-0.2, 0) is 11.2 Å². The number of imidazole rings is 1. The van der Waals surface area contributed by atoms with E-state index in [0.29, 0.717) is 19.6 Å². The second kappa shape index (κ2) is 10.2. The van der Waals surface area contributed by atoms with Crippen molar-refractivity contribution in [3.8, 4) is 22.4 Å². The predicted octanol–water partition coefficient (Wildman–Crippen LogP) is 4.72. The molecule has 3 rings (SSSR count). The maximum absolute atomic E-state index is 11.5. The van der Waals surface area contributed by atoms with Gasteiger partial charge in [0.05, 0.1) is 23.4 Å². The average Bonchev–Trinajstić information content (AvgIpc) is 3.23. The summed E-state index contributed by atoms with van der Waals surface area (Å²) in [4.78, 5) is 29.7. The Balaban J connectivity index is 1.57. The second-order valence-corrected chi connectivity index (χ2v) is 6.79. The van der Waals surface area contributed by atoms with E-state index in [4.69, 9.17) is 4.74 Å². The summed E-state index contributed by atoms with van der Waals surface area (Å²) < 4.78 is 5.05. The highest BCUT2D eigenvalue weighted by atomic mass is 16.6. The topological polar surface area (TPSA) is 110 Å². The summed E-state index contributed by atoms with van der Waals surface area (Å²) in [6.07, 6.45) is 3.74. The third-order valence-corrected chi connectivity index (χ3v) is 4.58. The molecule has 0 unspecified atom stereocenters. The highest BCUT2D eigenvalue weighted by Gasteiger charge is 2.09. The summed E-state index contributed by atoms with van der Waals surface area (Å²) in [5, 5.41) is 13.7. The molecule has 0 aliphatic heterocycles. The van der Waals surface area contributed by atoms with Crippen molar-refractivity contribution in [1.29, 1.82) is 0 Å². The number of ether oxygens (including phenoxy) is 1. The lowest BCUT2D eigenvalue weighted by Gasteiger charge is -2.05. The third-order valence-electron chi connectivity index (χ3n) is 4.58. The maximum atomic E-state index is 11.5. The van der Waals surface area contributed by atoms with Crippen molar-refractivity contribution in [2.45, 2.75) is 26.2 Å². The number of alkyl carbamates (subject to hydrolysis) is 1. The van der Waals surface area contributed by atoms with Crippen LogP contribution in [0.2, 0.25) is 0 Å². The predicted molar refractivity (Wildman–Crippen MR) is 114 cm³/mol. The van der Waals surface area contributed by atoms with Crippen molar-refractivity contribution >= 4 is 11.8 Å². The standard InChI is InChI=1S/C22H24N4O4/c1-2-3-13-30-22(27)23-12-11-21-24-15-20(25-21)17-9-7-16(8-10-17)18-5-4-6-19(14-18)26(28)29/h4-10,14-15H,2-3,11-13H2,1H3,(H,23,27)(H,24,25). The maximum Gasteiger partial charge on any atom is 0.407 e. The van der Waals surface area contributed by atoms with E-state index in [1.165, 1.54) is 6.07 Å². The molecule has 0 radical (unpaired) electrons. The Kier molecular flexibility index (Phi) is 7.15. The molecule has 0 aliphatic carbocycles.